The maximum Gasteiger partial charge on any atom is 0.490 e. The average molecular weight is 461 g/mol. The van der Waals surface area contributed by atoms with Crippen molar-refractivity contribution in [2.75, 3.05) is 13.1 Å². The molecule has 12 heteroatoms. The van der Waals surface area contributed by atoms with Gasteiger partial charge in [-0.1, -0.05) is 0 Å². The number of thiazole rings is 1. The first-order valence-electron chi connectivity index (χ1n) is 9.56. The lowest BCUT2D eigenvalue weighted by Gasteiger charge is -2.17. The van der Waals surface area contributed by atoms with Crippen LogP contribution in [0.25, 0.3) is 0 Å². The van der Waals surface area contributed by atoms with Crippen LogP contribution >= 0.6 is 11.3 Å². The predicted molar refractivity (Wildman–Crippen MR) is 103 cm³/mol. The summed E-state index contributed by atoms with van der Waals surface area (Å²) in [6, 6.07) is 3.67. The number of likely N-dealkylation sites (tertiary alicyclic amines) is 1. The SMILES string of the molecule is O=C(C[C@@H]1C[C@H]2CN(Cc3nccs3)C[C@H]2O1)NCc1ccco1.O=C(O)C(F)(F)F. The molecule has 0 radical (unpaired) electrons. The van der Waals surface area contributed by atoms with E-state index in [4.69, 9.17) is 19.1 Å². The molecular weight excluding hydrogens is 439 g/mol. The number of carbonyl (C=O) groups excluding carboxylic acids is 1. The number of hydrogen-bond acceptors (Lipinski definition) is 7. The second-order valence-electron chi connectivity index (χ2n) is 7.28. The van der Waals surface area contributed by atoms with Crippen LogP contribution < -0.4 is 5.32 Å². The summed E-state index contributed by atoms with van der Waals surface area (Å²) >= 11 is 1.70. The van der Waals surface area contributed by atoms with Crippen molar-refractivity contribution >= 4 is 23.2 Å². The number of nitrogens with one attached hydrogen (secondary N) is 1. The Labute approximate surface area is 180 Å². The van der Waals surface area contributed by atoms with E-state index in [9.17, 15) is 18.0 Å². The summed E-state index contributed by atoms with van der Waals surface area (Å²) in [7, 11) is 0. The van der Waals surface area contributed by atoms with E-state index < -0.39 is 12.1 Å². The van der Waals surface area contributed by atoms with Crippen molar-refractivity contribution in [3.63, 3.8) is 0 Å². The maximum atomic E-state index is 12.0. The maximum absolute atomic E-state index is 12.0. The molecule has 2 aromatic heterocycles. The van der Waals surface area contributed by atoms with Crippen LogP contribution in [0.5, 0.6) is 0 Å². The number of carbonyl (C=O) groups is 2. The molecule has 0 saturated carbocycles. The van der Waals surface area contributed by atoms with Crippen molar-refractivity contribution in [3.05, 3.63) is 40.7 Å². The summed E-state index contributed by atoms with van der Waals surface area (Å²) in [6.45, 7) is 3.32. The number of aliphatic carboxylic acids is 1. The van der Waals surface area contributed by atoms with Crippen molar-refractivity contribution in [2.45, 2.75) is 44.3 Å². The number of nitrogens with zero attached hydrogens (tertiary/aromatic N) is 2. The number of alkyl halides is 3. The first-order chi connectivity index (χ1) is 14.7. The third kappa shape index (κ3) is 7.04. The fourth-order valence-corrected chi connectivity index (χ4v) is 4.27. The van der Waals surface area contributed by atoms with Crippen molar-refractivity contribution in [2.24, 2.45) is 5.92 Å². The zero-order chi connectivity index (χ0) is 22.4. The van der Waals surface area contributed by atoms with E-state index >= 15 is 0 Å². The molecule has 170 valence electrons. The number of halogens is 3. The smallest absolute Gasteiger partial charge is 0.475 e. The van der Waals surface area contributed by atoms with Crippen molar-refractivity contribution in [1.29, 1.82) is 0 Å². The topological polar surface area (TPSA) is 105 Å². The largest absolute Gasteiger partial charge is 0.490 e. The Kier molecular flexibility index (Phi) is 7.68. The first-order valence-corrected chi connectivity index (χ1v) is 10.4. The molecule has 2 aliphatic rings. The van der Waals surface area contributed by atoms with Crippen molar-refractivity contribution < 1.29 is 37.0 Å². The summed E-state index contributed by atoms with van der Waals surface area (Å²) in [5.41, 5.74) is 0. The number of carboxylic acids is 1. The Morgan fingerprint density at radius 3 is 2.71 bits per heavy atom. The quantitative estimate of drug-likeness (QED) is 0.682. The second kappa shape index (κ2) is 10.2. The monoisotopic (exact) mass is 461 g/mol. The van der Waals surface area contributed by atoms with Crippen molar-refractivity contribution in [1.82, 2.24) is 15.2 Å². The van der Waals surface area contributed by atoms with Gasteiger partial charge in [-0.05, 0) is 18.6 Å². The normalized spacial score (nSPS) is 23.1. The highest BCUT2D eigenvalue weighted by Gasteiger charge is 2.42. The van der Waals surface area contributed by atoms with Crippen LogP contribution in [0.2, 0.25) is 0 Å². The third-order valence-corrected chi connectivity index (χ3v) is 5.69. The number of fused-ring (bicyclic) bond motifs is 1. The van der Waals surface area contributed by atoms with Gasteiger partial charge in [0, 0.05) is 30.6 Å². The van der Waals surface area contributed by atoms with Crippen LogP contribution in [0.3, 0.4) is 0 Å². The molecule has 0 spiro atoms. The summed E-state index contributed by atoms with van der Waals surface area (Å²) in [4.78, 5) is 27.7. The Balaban J connectivity index is 0.000000339. The van der Waals surface area contributed by atoms with Gasteiger partial charge in [0.15, 0.2) is 0 Å². The number of furan rings is 1. The first kappa shape index (κ1) is 23.2. The predicted octanol–water partition coefficient (Wildman–Crippen LogP) is 2.67. The van der Waals surface area contributed by atoms with E-state index in [1.54, 1.807) is 17.6 Å². The van der Waals surface area contributed by atoms with E-state index in [1.807, 2.05) is 23.7 Å². The Hall–Kier alpha value is -2.44. The number of amides is 1. The van der Waals surface area contributed by atoms with Gasteiger partial charge >= 0.3 is 12.1 Å². The second-order valence-corrected chi connectivity index (χ2v) is 8.25. The van der Waals surface area contributed by atoms with Gasteiger partial charge in [-0.15, -0.1) is 11.3 Å². The van der Waals surface area contributed by atoms with E-state index in [-0.39, 0.29) is 18.1 Å². The summed E-state index contributed by atoms with van der Waals surface area (Å²) in [5.74, 6) is -1.43. The summed E-state index contributed by atoms with van der Waals surface area (Å²) in [5, 5.41) is 13.2. The van der Waals surface area contributed by atoms with Gasteiger partial charge < -0.3 is 19.6 Å². The molecule has 0 aliphatic carbocycles. The lowest BCUT2D eigenvalue weighted by Crippen LogP contribution is -2.29. The van der Waals surface area contributed by atoms with Crippen LogP contribution in [0.1, 0.15) is 23.6 Å². The third-order valence-electron chi connectivity index (χ3n) is 4.93. The molecule has 8 nitrogen and oxygen atoms in total. The van der Waals surface area contributed by atoms with Crippen LogP contribution in [0.15, 0.2) is 34.4 Å². The number of carboxylic acid groups (broad SMARTS) is 1. The fourth-order valence-electron chi connectivity index (χ4n) is 3.61. The molecular formula is C19H22F3N3O5S. The molecule has 4 heterocycles. The van der Waals surface area contributed by atoms with Gasteiger partial charge in [-0.25, -0.2) is 9.78 Å². The summed E-state index contributed by atoms with van der Waals surface area (Å²) < 4.78 is 43.0. The van der Waals surface area contributed by atoms with Crippen molar-refractivity contribution in [3.8, 4) is 0 Å². The lowest BCUT2D eigenvalue weighted by molar-refractivity contribution is -0.192. The Morgan fingerprint density at radius 2 is 2.13 bits per heavy atom. The molecule has 2 N–H and O–H groups in total. The van der Waals surface area contributed by atoms with Gasteiger partial charge in [-0.2, -0.15) is 13.2 Å². The van der Waals surface area contributed by atoms with Gasteiger partial charge in [0.2, 0.25) is 5.91 Å². The molecule has 2 saturated heterocycles. The van der Waals surface area contributed by atoms with Gasteiger partial charge in [0.1, 0.15) is 10.8 Å². The Morgan fingerprint density at radius 1 is 1.35 bits per heavy atom. The van der Waals surface area contributed by atoms with Gasteiger partial charge in [0.25, 0.3) is 0 Å². The highest BCUT2D eigenvalue weighted by atomic mass is 32.1. The minimum absolute atomic E-state index is 0.0241. The van der Waals surface area contributed by atoms with Gasteiger partial charge in [-0.3, -0.25) is 9.69 Å². The molecule has 2 aromatic rings. The molecule has 3 atom stereocenters. The minimum atomic E-state index is -5.08. The molecule has 0 unspecified atom stereocenters. The zero-order valence-corrected chi connectivity index (χ0v) is 17.2. The standard InChI is InChI=1S/C17H21N3O3S.C2HF3O2/c21-16(19-8-13-2-1-4-22-13)7-14-6-12-9-20(10-15(12)23-14)11-17-18-3-5-24-17;3-2(4,5)1(6)7/h1-5,12,14-15H,6-11H2,(H,19,21);(H,6,7)/t12-,14-,15+;/m0./s1. The van der Waals surface area contributed by atoms with E-state index in [0.29, 0.717) is 18.9 Å². The van der Waals surface area contributed by atoms with E-state index in [1.165, 1.54) is 0 Å². The summed E-state index contributed by atoms with van der Waals surface area (Å²) in [6.07, 6.45) is 0.0738. The molecule has 4 rings (SSSR count). The fraction of sp³-hybridized carbons (Fsp3) is 0.526. The minimum Gasteiger partial charge on any atom is -0.475 e. The average Bonchev–Trinajstić information content (AvgIpc) is 3.45. The molecule has 0 aromatic carbocycles. The number of hydrogen-bond donors (Lipinski definition) is 2. The highest BCUT2D eigenvalue weighted by Crippen LogP contribution is 2.34. The Bertz CT molecular complexity index is 831. The highest BCUT2D eigenvalue weighted by molar-refractivity contribution is 7.09. The lowest BCUT2D eigenvalue weighted by atomic mass is 10.0. The molecule has 2 aliphatic heterocycles. The number of aromatic nitrogens is 1. The van der Waals surface area contributed by atoms with E-state index in [2.05, 4.69) is 15.2 Å². The van der Waals surface area contributed by atoms with Crippen LogP contribution in [-0.2, 0) is 27.4 Å². The molecule has 31 heavy (non-hydrogen) atoms. The number of ether oxygens (including phenoxy) is 1. The van der Waals surface area contributed by atoms with E-state index in [0.717, 1.165) is 36.8 Å². The van der Waals surface area contributed by atoms with Crippen LogP contribution in [0, 0.1) is 5.92 Å². The zero-order valence-electron chi connectivity index (χ0n) is 16.4. The number of rotatable bonds is 6. The molecule has 0 bridgehead atoms. The van der Waals surface area contributed by atoms with Crippen LogP contribution in [0.4, 0.5) is 13.2 Å². The molecule has 2 fully saturated rings. The van der Waals surface area contributed by atoms with Gasteiger partial charge in [0.05, 0.1) is 38.0 Å². The molecule has 1 amide bonds. The van der Waals surface area contributed by atoms with Crippen LogP contribution in [-0.4, -0.2) is 58.3 Å².